The molecule has 0 heterocycles. The van der Waals surface area contributed by atoms with Crippen LogP contribution in [0.4, 0.5) is 0 Å². The minimum absolute atomic E-state index is 0.322. The lowest BCUT2D eigenvalue weighted by atomic mass is 10.1. The van der Waals surface area contributed by atoms with Crippen LogP contribution in [0.1, 0.15) is 26.2 Å². The number of nitriles is 1. The van der Waals surface area contributed by atoms with E-state index in [9.17, 15) is 10.1 Å². The van der Waals surface area contributed by atoms with Gasteiger partial charge in [0.15, 0.2) is 0 Å². The van der Waals surface area contributed by atoms with Gasteiger partial charge in [-0.1, -0.05) is 0 Å². The SMILES string of the molecule is CC(CCCC#N)[N+](=O)[O-]. The Balaban J connectivity index is 3.32. The highest BCUT2D eigenvalue weighted by molar-refractivity contribution is 4.68. The Labute approximate surface area is 59.6 Å². The van der Waals surface area contributed by atoms with E-state index in [1.807, 2.05) is 6.07 Å². The Bertz CT molecular complexity index is 150. The van der Waals surface area contributed by atoms with Crippen molar-refractivity contribution in [1.29, 1.82) is 5.26 Å². The maximum Gasteiger partial charge on any atom is 0.210 e. The lowest BCUT2D eigenvalue weighted by molar-refractivity contribution is -0.518. The highest BCUT2D eigenvalue weighted by atomic mass is 16.6. The van der Waals surface area contributed by atoms with Crippen molar-refractivity contribution in [1.82, 2.24) is 0 Å². The Morgan fingerprint density at radius 2 is 2.40 bits per heavy atom. The van der Waals surface area contributed by atoms with Crippen LogP contribution in [-0.4, -0.2) is 11.0 Å². The van der Waals surface area contributed by atoms with Crippen molar-refractivity contribution < 1.29 is 4.92 Å². The summed E-state index contributed by atoms with van der Waals surface area (Å²) in [6.07, 6.45) is 1.54. The molecule has 4 nitrogen and oxygen atoms in total. The first-order valence-corrected chi connectivity index (χ1v) is 3.19. The Kier molecular flexibility index (Phi) is 4.21. The molecule has 0 saturated carbocycles. The van der Waals surface area contributed by atoms with Gasteiger partial charge in [0.2, 0.25) is 6.04 Å². The Morgan fingerprint density at radius 3 is 2.80 bits per heavy atom. The third kappa shape index (κ3) is 3.84. The molecule has 0 aromatic heterocycles. The summed E-state index contributed by atoms with van der Waals surface area (Å²) >= 11 is 0. The zero-order valence-electron chi connectivity index (χ0n) is 5.91. The van der Waals surface area contributed by atoms with Crippen LogP contribution in [0.15, 0.2) is 0 Å². The van der Waals surface area contributed by atoms with Crippen LogP contribution in [0.3, 0.4) is 0 Å². The van der Waals surface area contributed by atoms with Gasteiger partial charge >= 0.3 is 0 Å². The number of unbranched alkanes of at least 4 members (excludes halogenated alkanes) is 1. The van der Waals surface area contributed by atoms with Crippen LogP contribution in [0.2, 0.25) is 0 Å². The zero-order chi connectivity index (χ0) is 7.98. The standard InChI is InChI=1S/C6H10N2O2/c1-6(8(9)10)4-2-3-5-7/h6H,2-4H2,1H3. The second-order valence-electron chi connectivity index (χ2n) is 2.18. The molecule has 0 radical (unpaired) electrons. The molecule has 0 aliphatic rings. The first kappa shape index (κ1) is 8.89. The summed E-state index contributed by atoms with van der Waals surface area (Å²) in [6, 6.07) is 1.43. The summed E-state index contributed by atoms with van der Waals surface area (Å²) in [4.78, 5) is 9.69. The molecular formula is C6H10N2O2. The Morgan fingerprint density at radius 1 is 1.80 bits per heavy atom. The summed E-state index contributed by atoms with van der Waals surface area (Å²) in [5, 5.41) is 18.1. The van der Waals surface area contributed by atoms with E-state index in [0.717, 1.165) is 0 Å². The van der Waals surface area contributed by atoms with Gasteiger partial charge in [0.1, 0.15) is 0 Å². The molecule has 0 N–H and O–H groups in total. The molecule has 0 aliphatic heterocycles. The normalized spacial score (nSPS) is 12.0. The van der Waals surface area contributed by atoms with Gasteiger partial charge in [0, 0.05) is 24.7 Å². The average Bonchev–Trinajstić information content (AvgIpc) is 1.88. The maximum atomic E-state index is 10.0. The largest absolute Gasteiger partial charge is 0.264 e. The number of rotatable bonds is 4. The van der Waals surface area contributed by atoms with Crippen LogP contribution in [-0.2, 0) is 0 Å². The fourth-order valence-corrected chi connectivity index (χ4v) is 0.582. The van der Waals surface area contributed by atoms with Gasteiger partial charge in [-0.2, -0.15) is 5.26 Å². The van der Waals surface area contributed by atoms with Crippen molar-refractivity contribution in [2.75, 3.05) is 0 Å². The van der Waals surface area contributed by atoms with Crippen LogP contribution in [0.25, 0.3) is 0 Å². The first-order chi connectivity index (χ1) is 4.68. The van der Waals surface area contributed by atoms with E-state index in [-0.39, 0.29) is 4.92 Å². The van der Waals surface area contributed by atoms with Crippen LogP contribution in [0.5, 0.6) is 0 Å². The van der Waals surface area contributed by atoms with Crippen LogP contribution in [0, 0.1) is 21.4 Å². The third-order valence-electron chi connectivity index (χ3n) is 1.27. The van der Waals surface area contributed by atoms with Crippen molar-refractivity contribution in [2.24, 2.45) is 0 Å². The van der Waals surface area contributed by atoms with Gasteiger partial charge in [-0.05, 0) is 6.42 Å². The van der Waals surface area contributed by atoms with E-state index < -0.39 is 6.04 Å². The van der Waals surface area contributed by atoms with Gasteiger partial charge in [-0.15, -0.1) is 0 Å². The lowest BCUT2D eigenvalue weighted by Crippen LogP contribution is -2.14. The van der Waals surface area contributed by atoms with Gasteiger partial charge in [-0.25, -0.2) is 0 Å². The van der Waals surface area contributed by atoms with Gasteiger partial charge in [0.05, 0.1) is 6.07 Å². The van der Waals surface area contributed by atoms with Crippen molar-refractivity contribution in [2.45, 2.75) is 32.2 Å². The van der Waals surface area contributed by atoms with Crippen molar-refractivity contribution >= 4 is 0 Å². The van der Waals surface area contributed by atoms with E-state index >= 15 is 0 Å². The molecule has 0 saturated heterocycles. The van der Waals surface area contributed by atoms with Gasteiger partial charge in [-0.3, -0.25) is 10.1 Å². The predicted octanol–water partition coefficient (Wildman–Crippen LogP) is 1.35. The van der Waals surface area contributed by atoms with E-state index in [1.165, 1.54) is 0 Å². The number of nitrogens with zero attached hydrogens (tertiary/aromatic N) is 2. The smallest absolute Gasteiger partial charge is 0.210 e. The number of hydrogen-bond acceptors (Lipinski definition) is 3. The first-order valence-electron chi connectivity index (χ1n) is 3.19. The molecule has 10 heavy (non-hydrogen) atoms. The average molecular weight is 142 g/mol. The molecule has 0 amide bonds. The molecule has 0 bridgehead atoms. The fourth-order valence-electron chi connectivity index (χ4n) is 0.582. The van der Waals surface area contributed by atoms with Crippen molar-refractivity contribution in [3.8, 4) is 6.07 Å². The summed E-state index contributed by atoms with van der Waals surface area (Å²) in [5.41, 5.74) is 0. The van der Waals surface area contributed by atoms with E-state index in [1.54, 1.807) is 6.92 Å². The third-order valence-corrected chi connectivity index (χ3v) is 1.27. The van der Waals surface area contributed by atoms with E-state index in [4.69, 9.17) is 5.26 Å². The van der Waals surface area contributed by atoms with Crippen molar-refractivity contribution in [3.63, 3.8) is 0 Å². The second kappa shape index (κ2) is 4.74. The highest BCUT2D eigenvalue weighted by Crippen LogP contribution is 2.01. The summed E-state index contributed by atoms with van der Waals surface area (Å²) in [7, 11) is 0. The maximum absolute atomic E-state index is 10.0. The molecule has 1 unspecified atom stereocenters. The van der Waals surface area contributed by atoms with Crippen LogP contribution >= 0.6 is 0 Å². The second-order valence-corrected chi connectivity index (χ2v) is 2.18. The lowest BCUT2D eigenvalue weighted by Gasteiger charge is -1.99. The topological polar surface area (TPSA) is 66.9 Å². The molecule has 0 aromatic rings. The molecule has 56 valence electrons. The minimum atomic E-state index is -0.506. The summed E-state index contributed by atoms with van der Waals surface area (Å²) in [6.45, 7) is 1.55. The van der Waals surface area contributed by atoms with Gasteiger partial charge in [0.25, 0.3) is 0 Å². The minimum Gasteiger partial charge on any atom is -0.264 e. The number of nitro groups is 1. The zero-order valence-corrected chi connectivity index (χ0v) is 5.91. The fraction of sp³-hybridized carbons (Fsp3) is 0.833. The molecule has 0 aliphatic carbocycles. The van der Waals surface area contributed by atoms with Crippen LogP contribution < -0.4 is 0 Å². The molecule has 0 fully saturated rings. The molecule has 0 spiro atoms. The summed E-state index contributed by atoms with van der Waals surface area (Å²) in [5.74, 6) is 0. The predicted molar refractivity (Wildman–Crippen MR) is 35.9 cm³/mol. The van der Waals surface area contributed by atoms with Gasteiger partial charge < -0.3 is 0 Å². The van der Waals surface area contributed by atoms with E-state index in [0.29, 0.717) is 19.3 Å². The molecule has 1 atom stereocenters. The Hall–Kier alpha value is -1.11. The summed E-state index contributed by atoms with van der Waals surface area (Å²) < 4.78 is 0. The molecule has 0 aromatic carbocycles. The molecular weight excluding hydrogens is 132 g/mol. The number of hydrogen-bond donors (Lipinski definition) is 0. The monoisotopic (exact) mass is 142 g/mol. The van der Waals surface area contributed by atoms with E-state index in [2.05, 4.69) is 0 Å². The molecule has 0 rings (SSSR count). The molecule has 4 heteroatoms. The quantitative estimate of drug-likeness (QED) is 0.338. The van der Waals surface area contributed by atoms with Crippen molar-refractivity contribution in [3.05, 3.63) is 10.1 Å². The highest BCUT2D eigenvalue weighted by Gasteiger charge is 2.10.